The second kappa shape index (κ2) is 33.3. The summed E-state index contributed by atoms with van der Waals surface area (Å²) in [7, 11) is 0. The van der Waals surface area contributed by atoms with E-state index < -0.39 is 24.3 Å². The number of nitrogens with one attached hydrogen (secondary N) is 2. The topological polar surface area (TPSA) is 156 Å². The molecule has 6 aromatic rings. The molecule has 6 atom stereocenters. The zero-order valence-electron chi connectivity index (χ0n) is 43.5. The van der Waals surface area contributed by atoms with Crippen molar-refractivity contribution < 1.29 is 59.7 Å². The van der Waals surface area contributed by atoms with Gasteiger partial charge in [0, 0.05) is 32.8 Å². The molecule has 12 nitrogen and oxygen atoms in total. The number of benzene rings is 6. The molecule has 14 heteroatoms. The molecule has 0 radical (unpaired) electrons. The molecule has 3 aliphatic heterocycles. The minimum atomic E-state index is -1.07. The molecule has 0 aromatic heterocycles. The van der Waals surface area contributed by atoms with Crippen LogP contribution in [0.25, 0.3) is 0 Å². The van der Waals surface area contributed by atoms with E-state index in [9.17, 15) is 25.2 Å². The Hall–Kier alpha value is -4.80. The predicted molar refractivity (Wildman–Crippen MR) is 293 cm³/mol. The molecule has 3 saturated heterocycles. The molecule has 0 spiro atoms. The van der Waals surface area contributed by atoms with E-state index >= 15 is 0 Å². The van der Waals surface area contributed by atoms with Crippen LogP contribution in [0.2, 0.25) is 0 Å². The zero-order chi connectivity index (χ0) is 50.2. The second-order valence-electron chi connectivity index (χ2n) is 18.6. The standard InChI is InChI=1S/C28H32N2O4.C28H34N2O3.C4H8O.Al.Li.4H/c31-19-25(22-11-5-2-6-12-22)29-26(28(33)30-17-7-8-18-30)27(32)23-13-15-24(16-14-23)34-20-21-9-3-1-4-10-21;31-20-27(23-11-5-2-6-12-23)29-26(19-30-17-7-8-18-30)28(32)24-13-15-25(16-14-24)33-21-22-9-3-1-4-10-22;1-2-4-5-3-1;;;;;;/h1-6,9-16,25-27,29,31-32H,7-8,17-20H2;1-6,9-16,26-29,31-32H,7-8,17-21H2;1-4H2;;;;;;/q;;;;+1;;;;-1/t25?,26-,27+;26-,27?,28-;;;;;;;/m01......./s1. The number of aliphatic hydroxyl groups excluding tert-OH is 4. The molecule has 0 saturated carbocycles. The van der Waals surface area contributed by atoms with E-state index in [1.54, 1.807) is 29.2 Å². The number of amides is 1. The zero-order valence-corrected chi connectivity index (χ0v) is 42.5. The number of aliphatic hydroxyl groups is 4. The van der Waals surface area contributed by atoms with Crippen LogP contribution in [0.5, 0.6) is 11.5 Å². The van der Waals surface area contributed by atoms with Gasteiger partial charge in [-0.1, -0.05) is 146 Å². The number of hydrogen-bond acceptors (Lipinski definition) is 11. The predicted octanol–water partition coefficient (Wildman–Crippen LogP) is 4.43. The van der Waals surface area contributed by atoms with E-state index in [2.05, 4.69) is 15.5 Å². The molecule has 6 N–H and O–H groups in total. The number of hydrogen-bond donors (Lipinski definition) is 6. The largest absolute Gasteiger partial charge is 1.00 e. The molecule has 74 heavy (non-hydrogen) atoms. The Morgan fingerprint density at radius 3 is 1.35 bits per heavy atom. The van der Waals surface area contributed by atoms with E-state index in [0.717, 1.165) is 79.3 Å². The Kier molecular flexibility index (Phi) is 27.0. The van der Waals surface area contributed by atoms with Crippen molar-refractivity contribution in [1.29, 1.82) is 0 Å². The van der Waals surface area contributed by atoms with Gasteiger partial charge in [0.05, 0.1) is 37.4 Å². The van der Waals surface area contributed by atoms with Crippen molar-refractivity contribution in [3.63, 3.8) is 0 Å². The Morgan fingerprint density at radius 1 is 0.527 bits per heavy atom. The third kappa shape index (κ3) is 19.1. The summed E-state index contributed by atoms with van der Waals surface area (Å²) in [6.45, 7) is 6.95. The third-order valence-electron chi connectivity index (χ3n) is 13.4. The fourth-order valence-electron chi connectivity index (χ4n) is 9.21. The van der Waals surface area contributed by atoms with Crippen molar-refractivity contribution in [3.8, 4) is 11.5 Å². The van der Waals surface area contributed by atoms with Crippen molar-refractivity contribution >= 4 is 23.3 Å². The molecule has 0 bridgehead atoms. The number of carbonyl (C=O) groups excluding carboxylic acids is 1. The number of ether oxygens (including phenoxy) is 3. The SMILES string of the molecule is C1CCOC1.O=C([C@@H](NC(CO)c1ccccc1)[C@H](O)c1ccc(OCc2ccccc2)cc1)N1CCCC1.OCC(N[C@H](CN1CCCC1)[C@H](O)c1ccc(OCc2ccccc2)cc1)c1ccccc1.[AlH3].[H-].[Li+]. The van der Waals surface area contributed by atoms with E-state index in [1.807, 2.05) is 146 Å². The van der Waals surface area contributed by atoms with Gasteiger partial charge in [0.15, 0.2) is 17.4 Å². The molecule has 2 unspecified atom stereocenters. The molecule has 6 aromatic carbocycles. The summed E-state index contributed by atoms with van der Waals surface area (Å²) in [5.74, 6) is 1.31. The minimum absolute atomic E-state index is 0. The maximum absolute atomic E-state index is 13.4. The number of rotatable bonds is 21. The summed E-state index contributed by atoms with van der Waals surface area (Å²) in [5.41, 5.74) is 5.52. The van der Waals surface area contributed by atoms with Crippen LogP contribution in [0.3, 0.4) is 0 Å². The molecule has 0 aliphatic carbocycles. The maximum Gasteiger partial charge on any atom is 1.00 e. The number of likely N-dealkylation sites (tertiary alicyclic amines) is 2. The minimum Gasteiger partial charge on any atom is -1.00 e. The first kappa shape index (κ1) is 60.1. The van der Waals surface area contributed by atoms with Crippen molar-refractivity contribution in [3.05, 3.63) is 203 Å². The van der Waals surface area contributed by atoms with Gasteiger partial charge in [0.1, 0.15) is 36.9 Å². The van der Waals surface area contributed by atoms with Crippen LogP contribution in [0.15, 0.2) is 170 Å². The Bertz CT molecular complexity index is 2400. The summed E-state index contributed by atoms with van der Waals surface area (Å²) in [6.07, 6.45) is 5.09. The van der Waals surface area contributed by atoms with Gasteiger partial charge in [-0.2, -0.15) is 0 Å². The first-order valence-electron chi connectivity index (χ1n) is 25.7. The molecule has 3 fully saturated rings. The molecular weight excluding hydrogens is 939 g/mol. The Balaban J connectivity index is 0.000000286. The monoisotopic (exact) mass is 1020 g/mol. The van der Waals surface area contributed by atoms with Crippen molar-refractivity contribution in [2.75, 3.05) is 59.2 Å². The molecule has 3 aliphatic rings. The number of nitrogens with zero attached hydrogens (tertiary/aromatic N) is 2. The van der Waals surface area contributed by atoms with Gasteiger partial charge in [0.25, 0.3) is 0 Å². The van der Waals surface area contributed by atoms with Crippen LogP contribution in [0.1, 0.15) is 97.6 Å². The van der Waals surface area contributed by atoms with Crippen LogP contribution in [0.4, 0.5) is 0 Å². The van der Waals surface area contributed by atoms with Crippen molar-refractivity contribution in [2.45, 2.75) is 88.1 Å². The van der Waals surface area contributed by atoms with E-state index in [1.165, 1.54) is 25.7 Å². The van der Waals surface area contributed by atoms with Gasteiger partial charge in [-0.25, -0.2) is 0 Å². The first-order chi connectivity index (χ1) is 35.4. The molecule has 1 amide bonds. The van der Waals surface area contributed by atoms with Gasteiger partial charge in [-0.15, -0.1) is 0 Å². The summed E-state index contributed by atoms with van der Waals surface area (Å²) in [4.78, 5) is 17.5. The quantitative estimate of drug-likeness (QED) is 0.0568. The number of carbonyl (C=O) groups is 1. The van der Waals surface area contributed by atoms with Gasteiger partial charge in [-0.05, 0) is 109 Å². The average molecular weight is 1020 g/mol. The normalized spacial score (nSPS) is 16.6. The molecule has 3 heterocycles. The summed E-state index contributed by atoms with van der Waals surface area (Å²) in [6, 6.07) is 52.5. The van der Waals surface area contributed by atoms with Crippen LogP contribution in [0, 0.1) is 0 Å². The van der Waals surface area contributed by atoms with Crippen LogP contribution in [-0.4, -0.2) is 125 Å². The van der Waals surface area contributed by atoms with E-state index in [0.29, 0.717) is 37.6 Å². The average Bonchev–Trinajstić information content (AvgIpc) is 4.30. The molecule has 9 rings (SSSR count). The van der Waals surface area contributed by atoms with Gasteiger partial charge in [0.2, 0.25) is 5.91 Å². The smallest absolute Gasteiger partial charge is 1.00 e. The van der Waals surface area contributed by atoms with Gasteiger partial charge >= 0.3 is 18.9 Å². The fraction of sp³-hybridized carbons (Fsp3) is 0.383. The van der Waals surface area contributed by atoms with Crippen LogP contribution in [-0.2, 0) is 22.7 Å². The summed E-state index contributed by atoms with van der Waals surface area (Å²) in [5, 5.41) is 49.4. The van der Waals surface area contributed by atoms with Crippen LogP contribution >= 0.6 is 0 Å². The third-order valence-corrected chi connectivity index (χ3v) is 13.4. The van der Waals surface area contributed by atoms with Gasteiger partial charge < -0.3 is 51.2 Å². The summed E-state index contributed by atoms with van der Waals surface area (Å²) >= 11 is 0. The maximum atomic E-state index is 13.4. The van der Waals surface area contributed by atoms with E-state index in [-0.39, 0.29) is 68.9 Å². The Morgan fingerprint density at radius 2 is 0.932 bits per heavy atom. The van der Waals surface area contributed by atoms with Gasteiger partial charge in [-0.3, -0.25) is 10.1 Å². The van der Waals surface area contributed by atoms with Crippen molar-refractivity contribution in [1.82, 2.24) is 20.4 Å². The molecule has 390 valence electrons. The molecular formula is C60H78AlLiN4O8. The Labute approximate surface area is 462 Å². The fourth-order valence-corrected chi connectivity index (χ4v) is 9.21. The van der Waals surface area contributed by atoms with Crippen molar-refractivity contribution in [2.24, 2.45) is 0 Å². The first-order valence-corrected chi connectivity index (χ1v) is 25.7. The summed E-state index contributed by atoms with van der Waals surface area (Å²) < 4.78 is 16.7. The van der Waals surface area contributed by atoms with Crippen LogP contribution < -0.4 is 39.0 Å². The second-order valence-corrected chi connectivity index (χ2v) is 18.6. The van der Waals surface area contributed by atoms with E-state index in [4.69, 9.17) is 14.2 Å².